The number of aliphatic hydroxyl groups is 1. The van der Waals surface area contributed by atoms with Gasteiger partial charge >= 0.3 is 0 Å². The summed E-state index contributed by atoms with van der Waals surface area (Å²) in [5.41, 5.74) is 0.618. The first kappa shape index (κ1) is 15.7. The maximum atomic E-state index is 12.4. The lowest BCUT2D eigenvalue weighted by molar-refractivity contribution is 0.282. The zero-order valence-corrected chi connectivity index (χ0v) is 13.7. The Morgan fingerprint density at radius 1 is 1.35 bits per heavy atom. The molecule has 0 aliphatic carbocycles. The van der Waals surface area contributed by atoms with Gasteiger partial charge in [-0.1, -0.05) is 19.9 Å². The van der Waals surface area contributed by atoms with Crippen molar-refractivity contribution in [3.8, 4) is 0 Å². The van der Waals surface area contributed by atoms with Gasteiger partial charge in [0, 0.05) is 4.88 Å². The molecule has 2 aromatic heterocycles. The van der Waals surface area contributed by atoms with Gasteiger partial charge in [0.05, 0.1) is 12.6 Å². The summed E-state index contributed by atoms with van der Waals surface area (Å²) in [6.07, 6.45) is 0. The van der Waals surface area contributed by atoms with Gasteiger partial charge in [-0.2, -0.15) is 0 Å². The molecule has 0 aliphatic heterocycles. The van der Waals surface area contributed by atoms with Gasteiger partial charge < -0.3 is 5.11 Å². The molecule has 0 saturated heterocycles. The summed E-state index contributed by atoms with van der Waals surface area (Å²) in [5, 5.41) is 12.6. The lowest BCUT2D eigenvalue weighted by Gasteiger charge is -2.20. The highest BCUT2D eigenvalue weighted by Gasteiger charge is 2.25. The topological polar surface area (TPSA) is 66.4 Å². The molecule has 20 heavy (non-hydrogen) atoms. The average molecular weight is 331 g/mol. The summed E-state index contributed by atoms with van der Waals surface area (Å²) in [6.45, 7) is 3.82. The maximum absolute atomic E-state index is 12.4. The van der Waals surface area contributed by atoms with E-state index < -0.39 is 10.0 Å². The molecule has 0 spiro atoms. The van der Waals surface area contributed by atoms with E-state index in [2.05, 4.69) is 4.72 Å². The molecule has 0 fully saturated rings. The molecule has 2 heterocycles. The molecule has 7 heteroatoms. The Morgan fingerprint density at radius 2 is 2.10 bits per heavy atom. The van der Waals surface area contributed by atoms with Crippen molar-refractivity contribution in [3.05, 3.63) is 39.4 Å². The van der Waals surface area contributed by atoms with E-state index in [1.165, 1.54) is 6.07 Å². The van der Waals surface area contributed by atoms with Crippen LogP contribution in [0.4, 0.5) is 0 Å². The van der Waals surface area contributed by atoms with Crippen LogP contribution in [0, 0.1) is 5.92 Å². The number of hydrogen-bond donors (Lipinski definition) is 2. The summed E-state index contributed by atoms with van der Waals surface area (Å²) in [6, 6.07) is 5.13. The molecule has 4 nitrogen and oxygen atoms in total. The Morgan fingerprint density at radius 3 is 2.60 bits per heavy atom. The summed E-state index contributed by atoms with van der Waals surface area (Å²) >= 11 is 2.67. The van der Waals surface area contributed by atoms with Crippen molar-refractivity contribution in [2.45, 2.75) is 30.7 Å². The molecule has 2 aromatic rings. The van der Waals surface area contributed by atoms with E-state index in [0.29, 0.717) is 5.56 Å². The standard InChI is InChI=1S/C13H17NO3S3/c1-9(2)13(11-4-3-5-18-11)14-20(16,17)12-6-10(7-15)8-19-12/h3-6,8-9,13-15H,7H2,1-2H3. The molecule has 2 N–H and O–H groups in total. The van der Waals surface area contributed by atoms with Gasteiger partial charge in [-0.3, -0.25) is 0 Å². The number of nitrogens with one attached hydrogen (secondary N) is 1. The number of thiophene rings is 2. The van der Waals surface area contributed by atoms with E-state index in [1.807, 2.05) is 31.4 Å². The van der Waals surface area contributed by atoms with Crippen LogP contribution in [0.1, 0.15) is 30.3 Å². The Bertz CT molecular complexity index is 644. The van der Waals surface area contributed by atoms with Gasteiger partial charge in [-0.05, 0) is 34.4 Å². The summed E-state index contributed by atoms with van der Waals surface area (Å²) < 4.78 is 27.8. The first-order valence-corrected chi connectivity index (χ1v) is 9.42. The summed E-state index contributed by atoms with van der Waals surface area (Å²) in [7, 11) is -3.56. The van der Waals surface area contributed by atoms with Crippen LogP contribution in [0.5, 0.6) is 0 Å². The predicted molar refractivity (Wildman–Crippen MR) is 82.5 cm³/mol. The fourth-order valence-electron chi connectivity index (χ4n) is 1.79. The molecule has 0 aromatic carbocycles. The maximum Gasteiger partial charge on any atom is 0.250 e. The van der Waals surface area contributed by atoms with Gasteiger partial charge in [0.15, 0.2) is 0 Å². The molecule has 1 atom stereocenters. The SMILES string of the molecule is CC(C)C(NS(=O)(=O)c1cc(CO)cs1)c1cccs1. The number of aliphatic hydroxyl groups excluding tert-OH is 1. The molecule has 0 amide bonds. The largest absolute Gasteiger partial charge is 0.392 e. The highest BCUT2D eigenvalue weighted by molar-refractivity contribution is 7.91. The first-order valence-electron chi connectivity index (χ1n) is 6.18. The highest BCUT2D eigenvalue weighted by atomic mass is 32.2. The minimum atomic E-state index is -3.56. The van der Waals surface area contributed by atoms with Gasteiger partial charge in [-0.25, -0.2) is 13.1 Å². The van der Waals surface area contributed by atoms with E-state index >= 15 is 0 Å². The van der Waals surface area contributed by atoms with Crippen LogP contribution < -0.4 is 4.72 Å². The second kappa shape index (κ2) is 6.36. The van der Waals surface area contributed by atoms with Gasteiger partial charge in [-0.15, -0.1) is 22.7 Å². The van der Waals surface area contributed by atoms with Crippen LogP contribution in [0.2, 0.25) is 0 Å². The number of rotatable bonds is 6. The van der Waals surface area contributed by atoms with Crippen LogP contribution in [-0.2, 0) is 16.6 Å². The van der Waals surface area contributed by atoms with E-state index in [4.69, 9.17) is 5.11 Å². The molecule has 0 saturated carbocycles. The zero-order chi connectivity index (χ0) is 14.8. The average Bonchev–Trinajstić information content (AvgIpc) is 3.06. The lowest BCUT2D eigenvalue weighted by atomic mass is 10.0. The fourth-order valence-corrected chi connectivity index (χ4v) is 5.40. The van der Waals surface area contributed by atoms with Crippen LogP contribution in [0.25, 0.3) is 0 Å². The van der Waals surface area contributed by atoms with Crippen molar-refractivity contribution in [3.63, 3.8) is 0 Å². The Balaban J connectivity index is 2.25. The smallest absolute Gasteiger partial charge is 0.250 e. The third kappa shape index (κ3) is 3.48. The van der Waals surface area contributed by atoms with Crippen molar-refractivity contribution in [2.24, 2.45) is 5.92 Å². The molecule has 0 aliphatic rings. The summed E-state index contributed by atoms with van der Waals surface area (Å²) in [5.74, 6) is 0.153. The monoisotopic (exact) mass is 331 g/mol. The van der Waals surface area contributed by atoms with Crippen molar-refractivity contribution in [2.75, 3.05) is 0 Å². The second-order valence-electron chi connectivity index (χ2n) is 4.79. The molecular weight excluding hydrogens is 314 g/mol. The van der Waals surface area contributed by atoms with Crippen LogP contribution in [0.15, 0.2) is 33.2 Å². The Kier molecular flexibility index (Phi) is 4.98. The van der Waals surface area contributed by atoms with E-state index in [-0.39, 0.29) is 22.8 Å². The highest BCUT2D eigenvalue weighted by Crippen LogP contribution is 2.29. The van der Waals surface area contributed by atoms with Crippen LogP contribution in [0.3, 0.4) is 0 Å². The number of sulfonamides is 1. The molecule has 1 unspecified atom stereocenters. The predicted octanol–water partition coefficient (Wildman–Crippen LogP) is 2.98. The lowest BCUT2D eigenvalue weighted by Crippen LogP contribution is -2.30. The van der Waals surface area contributed by atoms with E-state index in [9.17, 15) is 8.42 Å². The molecule has 0 bridgehead atoms. The van der Waals surface area contributed by atoms with Crippen molar-refractivity contribution >= 4 is 32.7 Å². The minimum Gasteiger partial charge on any atom is -0.392 e. The Labute approximate surface area is 127 Å². The quantitative estimate of drug-likeness (QED) is 0.855. The zero-order valence-electron chi connectivity index (χ0n) is 11.2. The van der Waals surface area contributed by atoms with Crippen LogP contribution in [-0.4, -0.2) is 13.5 Å². The molecule has 110 valence electrons. The van der Waals surface area contributed by atoms with Crippen molar-refractivity contribution < 1.29 is 13.5 Å². The van der Waals surface area contributed by atoms with Crippen LogP contribution >= 0.6 is 22.7 Å². The van der Waals surface area contributed by atoms with E-state index in [0.717, 1.165) is 16.2 Å². The third-order valence-electron chi connectivity index (χ3n) is 2.88. The first-order chi connectivity index (χ1) is 9.44. The fraction of sp³-hybridized carbons (Fsp3) is 0.385. The number of hydrogen-bond acceptors (Lipinski definition) is 5. The van der Waals surface area contributed by atoms with Gasteiger partial charge in [0.25, 0.3) is 10.0 Å². The van der Waals surface area contributed by atoms with Gasteiger partial charge in [0.2, 0.25) is 0 Å². The molecule has 2 rings (SSSR count). The Hall–Kier alpha value is -0.730. The second-order valence-corrected chi connectivity index (χ2v) is 8.62. The molecule has 0 radical (unpaired) electrons. The third-order valence-corrected chi connectivity index (χ3v) is 6.76. The molecular formula is C13H17NO3S3. The van der Waals surface area contributed by atoms with Crippen molar-refractivity contribution in [1.82, 2.24) is 4.72 Å². The summed E-state index contributed by atoms with van der Waals surface area (Å²) in [4.78, 5) is 1.00. The van der Waals surface area contributed by atoms with Crippen molar-refractivity contribution in [1.29, 1.82) is 0 Å². The van der Waals surface area contributed by atoms with E-state index in [1.54, 1.807) is 16.7 Å². The van der Waals surface area contributed by atoms with Gasteiger partial charge in [0.1, 0.15) is 4.21 Å². The normalized spacial score (nSPS) is 13.8. The minimum absolute atomic E-state index is 0.148.